The summed E-state index contributed by atoms with van der Waals surface area (Å²) in [6.45, 7) is 5.79. The molecule has 1 aromatic rings. The highest BCUT2D eigenvalue weighted by Gasteiger charge is 2.29. The van der Waals surface area contributed by atoms with E-state index < -0.39 is 0 Å². The molecular formula is C16H21N3O. The van der Waals surface area contributed by atoms with Crippen LogP contribution in [-0.4, -0.2) is 30.3 Å². The Morgan fingerprint density at radius 1 is 1.50 bits per heavy atom. The summed E-state index contributed by atoms with van der Waals surface area (Å²) in [4.78, 5) is 7.11. The number of nitriles is 1. The third-order valence-corrected chi connectivity index (χ3v) is 4.36. The van der Waals surface area contributed by atoms with Crippen molar-refractivity contribution in [2.75, 3.05) is 18.1 Å². The van der Waals surface area contributed by atoms with Crippen molar-refractivity contribution in [1.82, 2.24) is 4.98 Å². The molecule has 0 amide bonds. The van der Waals surface area contributed by atoms with Crippen LogP contribution in [0.15, 0.2) is 6.07 Å². The average molecular weight is 271 g/mol. The molecule has 4 heteroatoms. The van der Waals surface area contributed by atoms with Crippen molar-refractivity contribution in [3.63, 3.8) is 0 Å². The lowest BCUT2D eigenvalue weighted by Gasteiger charge is -2.39. The SMILES string of the molecule is CCC1COC(C)CN1c1nc2c(cc1C#N)CCC2. The van der Waals surface area contributed by atoms with Gasteiger partial charge < -0.3 is 9.64 Å². The monoisotopic (exact) mass is 271 g/mol. The standard InChI is InChI=1S/C16H21N3O/c1-3-14-10-20-11(2)9-19(14)16-13(8-17)7-12-5-4-6-15(12)18-16/h7,11,14H,3-6,9-10H2,1-2H3. The number of rotatable bonds is 2. The zero-order valence-corrected chi connectivity index (χ0v) is 12.2. The van der Waals surface area contributed by atoms with Gasteiger partial charge in [0.1, 0.15) is 11.9 Å². The van der Waals surface area contributed by atoms with Crippen LogP contribution in [-0.2, 0) is 17.6 Å². The van der Waals surface area contributed by atoms with Crippen LogP contribution >= 0.6 is 0 Å². The molecule has 0 saturated carbocycles. The lowest BCUT2D eigenvalue weighted by atomic mass is 10.1. The number of fused-ring (bicyclic) bond motifs is 1. The highest BCUT2D eigenvalue weighted by molar-refractivity contribution is 5.57. The average Bonchev–Trinajstić information content (AvgIpc) is 2.93. The predicted octanol–water partition coefficient (Wildman–Crippen LogP) is 2.45. The molecular weight excluding hydrogens is 250 g/mol. The lowest BCUT2D eigenvalue weighted by molar-refractivity contribution is 0.0296. The number of morpholine rings is 1. The Kier molecular flexibility index (Phi) is 3.62. The van der Waals surface area contributed by atoms with Gasteiger partial charge >= 0.3 is 0 Å². The van der Waals surface area contributed by atoms with Gasteiger partial charge in [-0.2, -0.15) is 5.26 Å². The summed E-state index contributed by atoms with van der Waals surface area (Å²) in [7, 11) is 0. The van der Waals surface area contributed by atoms with Crippen molar-refractivity contribution in [2.45, 2.75) is 51.7 Å². The first-order chi connectivity index (χ1) is 9.72. The number of nitrogens with zero attached hydrogens (tertiary/aromatic N) is 3. The number of aromatic nitrogens is 1. The maximum Gasteiger partial charge on any atom is 0.147 e. The van der Waals surface area contributed by atoms with Crippen LogP contribution in [0.3, 0.4) is 0 Å². The molecule has 20 heavy (non-hydrogen) atoms. The fraction of sp³-hybridized carbons (Fsp3) is 0.625. The smallest absolute Gasteiger partial charge is 0.147 e. The van der Waals surface area contributed by atoms with E-state index in [9.17, 15) is 5.26 Å². The zero-order valence-electron chi connectivity index (χ0n) is 12.2. The van der Waals surface area contributed by atoms with E-state index in [1.165, 1.54) is 11.3 Å². The fourth-order valence-corrected chi connectivity index (χ4v) is 3.20. The summed E-state index contributed by atoms with van der Waals surface area (Å²) in [6.07, 6.45) is 4.47. The van der Waals surface area contributed by atoms with Crippen molar-refractivity contribution >= 4 is 5.82 Å². The normalized spacial score (nSPS) is 25.4. The largest absolute Gasteiger partial charge is 0.375 e. The van der Waals surface area contributed by atoms with E-state index in [2.05, 4.69) is 30.9 Å². The van der Waals surface area contributed by atoms with Gasteiger partial charge in [0, 0.05) is 12.2 Å². The van der Waals surface area contributed by atoms with Gasteiger partial charge in [-0.25, -0.2) is 4.98 Å². The van der Waals surface area contributed by atoms with Gasteiger partial charge in [0.25, 0.3) is 0 Å². The molecule has 0 bridgehead atoms. The molecule has 1 aromatic heterocycles. The van der Waals surface area contributed by atoms with E-state index in [-0.39, 0.29) is 6.10 Å². The van der Waals surface area contributed by atoms with E-state index in [1.807, 2.05) is 0 Å². The van der Waals surface area contributed by atoms with Crippen molar-refractivity contribution in [3.8, 4) is 6.07 Å². The van der Waals surface area contributed by atoms with Crippen molar-refractivity contribution in [2.24, 2.45) is 0 Å². The van der Waals surface area contributed by atoms with Crippen molar-refractivity contribution in [3.05, 3.63) is 22.9 Å². The molecule has 1 aliphatic carbocycles. The molecule has 1 saturated heterocycles. The number of ether oxygens (including phenoxy) is 1. The van der Waals surface area contributed by atoms with Gasteiger partial charge in [-0.3, -0.25) is 0 Å². The first kappa shape index (κ1) is 13.4. The van der Waals surface area contributed by atoms with Crippen LogP contribution in [0.5, 0.6) is 0 Å². The third-order valence-electron chi connectivity index (χ3n) is 4.36. The van der Waals surface area contributed by atoms with Gasteiger partial charge in [-0.15, -0.1) is 0 Å². The Hall–Kier alpha value is -1.60. The molecule has 2 aliphatic rings. The number of hydrogen-bond donors (Lipinski definition) is 0. The summed E-state index contributed by atoms with van der Waals surface area (Å²) in [5.74, 6) is 0.871. The van der Waals surface area contributed by atoms with E-state index in [0.29, 0.717) is 6.04 Å². The number of aryl methyl sites for hydroxylation is 2. The summed E-state index contributed by atoms with van der Waals surface area (Å²) in [5, 5.41) is 9.46. The molecule has 2 atom stereocenters. The first-order valence-corrected chi connectivity index (χ1v) is 7.54. The zero-order chi connectivity index (χ0) is 14.1. The quantitative estimate of drug-likeness (QED) is 0.829. The van der Waals surface area contributed by atoms with Crippen LogP contribution < -0.4 is 4.90 Å². The Morgan fingerprint density at radius 3 is 3.10 bits per heavy atom. The second-order valence-electron chi connectivity index (χ2n) is 5.79. The molecule has 0 radical (unpaired) electrons. The molecule has 2 heterocycles. The number of pyridine rings is 1. The number of anilines is 1. The third kappa shape index (κ3) is 2.27. The highest BCUT2D eigenvalue weighted by atomic mass is 16.5. The van der Waals surface area contributed by atoms with Gasteiger partial charge in [-0.05, 0) is 44.2 Å². The second kappa shape index (κ2) is 5.41. The summed E-state index contributed by atoms with van der Waals surface area (Å²) < 4.78 is 5.75. The minimum absolute atomic E-state index is 0.194. The fourth-order valence-electron chi connectivity index (χ4n) is 3.20. The van der Waals surface area contributed by atoms with E-state index >= 15 is 0 Å². The molecule has 2 unspecified atom stereocenters. The van der Waals surface area contributed by atoms with Gasteiger partial charge in [0.15, 0.2) is 0 Å². The van der Waals surface area contributed by atoms with E-state index in [0.717, 1.165) is 50.2 Å². The predicted molar refractivity (Wildman–Crippen MR) is 77.8 cm³/mol. The molecule has 0 N–H and O–H groups in total. The minimum Gasteiger partial charge on any atom is -0.375 e. The van der Waals surface area contributed by atoms with Crippen LogP contribution in [0.4, 0.5) is 5.82 Å². The van der Waals surface area contributed by atoms with Crippen LogP contribution in [0.25, 0.3) is 0 Å². The highest BCUT2D eigenvalue weighted by Crippen LogP contribution is 2.30. The molecule has 106 valence electrons. The van der Waals surface area contributed by atoms with Crippen LogP contribution in [0.1, 0.15) is 43.5 Å². The van der Waals surface area contributed by atoms with Crippen LogP contribution in [0, 0.1) is 11.3 Å². The van der Waals surface area contributed by atoms with Crippen LogP contribution in [0.2, 0.25) is 0 Å². The topological polar surface area (TPSA) is 49.1 Å². The van der Waals surface area contributed by atoms with E-state index in [1.54, 1.807) is 0 Å². The minimum atomic E-state index is 0.194. The molecule has 0 spiro atoms. The maximum atomic E-state index is 9.46. The Morgan fingerprint density at radius 2 is 2.35 bits per heavy atom. The van der Waals surface area contributed by atoms with E-state index in [4.69, 9.17) is 9.72 Å². The lowest BCUT2D eigenvalue weighted by Crippen LogP contribution is -2.49. The van der Waals surface area contributed by atoms with Crippen molar-refractivity contribution < 1.29 is 4.74 Å². The molecule has 4 nitrogen and oxygen atoms in total. The Bertz CT molecular complexity index is 549. The van der Waals surface area contributed by atoms with Gasteiger partial charge in [0.05, 0.1) is 24.3 Å². The second-order valence-corrected chi connectivity index (χ2v) is 5.79. The maximum absolute atomic E-state index is 9.46. The van der Waals surface area contributed by atoms with Gasteiger partial charge in [-0.1, -0.05) is 6.92 Å². The summed E-state index contributed by atoms with van der Waals surface area (Å²) >= 11 is 0. The molecule has 3 rings (SSSR count). The summed E-state index contributed by atoms with van der Waals surface area (Å²) in [5.41, 5.74) is 3.17. The van der Waals surface area contributed by atoms with Crippen molar-refractivity contribution in [1.29, 1.82) is 5.26 Å². The molecule has 1 aliphatic heterocycles. The Balaban J connectivity index is 2.01. The molecule has 0 aromatic carbocycles. The first-order valence-electron chi connectivity index (χ1n) is 7.54. The van der Waals surface area contributed by atoms with Gasteiger partial charge in [0.2, 0.25) is 0 Å². The number of hydrogen-bond acceptors (Lipinski definition) is 4. The Labute approximate surface area is 120 Å². The molecule has 1 fully saturated rings. The summed E-state index contributed by atoms with van der Waals surface area (Å²) in [6, 6.07) is 4.71.